The van der Waals surface area contributed by atoms with Crippen molar-refractivity contribution >= 4 is 11.9 Å². The zero-order chi connectivity index (χ0) is 15.2. The van der Waals surface area contributed by atoms with Crippen LogP contribution in [0.2, 0.25) is 0 Å². The molecule has 0 radical (unpaired) electrons. The number of carbonyl (C=O) groups excluding carboxylic acids is 1. The molecule has 1 N–H and O–H groups in total. The average molecular weight is 288 g/mol. The lowest BCUT2D eigenvalue weighted by molar-refractivity contribution is 0.0602. The normalized spacial score (nSPS) is 18.4. The first-order valence-corrected chi connectivity index (χ1v) is 7.67. The molecule has 0 aromatic carbocycles. The number of anilines is 1. The minimum atomic E-state index is 0.0219. The number of likely N-dealkylation sites (tertiary alicyclic amines) is 1. The van der Waals surface area contributed by atoms with E-state index in [1.807, 2.05) is 11.8 Å². The van der Waals surface area contributed by atoms with Gasteiger partial charge in [-0.3, -0.25) is 4.79 Å². The lowest BCUT2D eigenvalue weighted by Gasteiger charge is -2.35. The predicted octanol–water partition coefficient (Wildman–Crippen LogP) is 2.79. The van der Waals surface area contributed by atoms with Crippen LogP contribution < -0.4 is 5.32 Å². The van der Waals surface area contributed by atoms with E-state index in [1.165, 1.54) is 6.42 Å². The van der Waals surface area contributed by atoms with Gasteiger partial charge in [-0.1, -0.05) is 13.0 Å². The number of carbonyl (C=O) groups is 1. The maximum Gasteiger partial charge on any atom is 0.272 e. The van der Waals surface area contributed by atoms with Gasteiger partial charge in [0.1, 0.15) is 5.69 Å². The van der Waals surface area contributed by atoms with Crippen molar-refractivity contribution in [3.8, 4) is 0 Å². The molecular formula is C16H24N4O. The summed E-state index contributed by atoms with van der Waals surface area (Å²) in [7, 11) is 0. The fourth-order valence-corrected chi connectivity index (χ4v) is 2.76. The van der Waals surface area contributed by atoms with Gasteiger partial charge in [-0.2, -0.15) is 0 Å². The van der Waals surface area contributed by atoms with Crippen LogP contribution in [0, 0.1) is 6.92 Å². The molecule has 1 atom stereocenters. The summed E-state index contributed by atoms with van der Waals surface area (Å²) >= 11 is 0. The summed E-state index contributed by atoms with van der Waals surface area (Å²) in [5.74, 6) is 0.511. The minimum Gasteiger partial charge on any atom is -0.351 e. The van der Waals surface area contributed by atoms with Crippen LogP contribution in [0.15, 0.2) is 18.7 Å². The van der Waals surface area contributed by atoms with Gasteiger partial charge in [0.2, 0.25) is 5.95 Å². The largest absolute Gasteiger partial charge is 0.351 e. The zero-order valence-electron chi connectivity index (χ0n) is 12.9. The van der Waals surface area contributed by atoms with Gasteiger partial charge in [0.15, 0.2) is 0 Å². The molecule has 1 fully saturated rings. The van der Waals surface area contributed by atoms with Crippen molar-refractivity contribution < 1.29 is 4.79 Å². The molecule has 114 valence electrons. The number of hydrogen-bond acceptors (Lipinski definition) is 4. The lowest BCUT2D eigenvalue weighted by Crippen LogP contribution is -2.43. The first-order valence-electron chi connectivity index (χ1n) is 7.67. The number of piperidine rings is 1. The van der Waals surface area contributed by atoms with E-state index in [-0.39, 0.29) is 5.91 Å². The Morgan fingerprint density at radius 3 is 3.05 bits per heavy atom. The van der Waals surface area contributed by atoms with Gasteiger partial charge in [0.25, 0.3) is 5.91 Å². The number of amides is 1. The van der Waals surface area contributed by atoms with Crippen LogP contribution in [0.3, 0.4) is 0 Å². The Labute approximate surface area is 126 Å². The molecule has 1 aromatic rings. The molecule has 1 saturated heterocycles. The smallest absolute Gasteiger partial charge is 0.272 e. The Kier molecular flexibility index (Phi) is 5.31. The van der Waals surface area contributed by atoms with Gasteiger partial charge in [0.05, 0.1) is 0 Å². The SMILES string of the molecule is C=CCNc1nc(C)cc(C(=O)N2CCCCC2CC)n1. The lowest BCUT2D eigenvalue weighted by atomic mass is 9.99. The summed E-state index contributed by atoms with van der Waals surface area (Å²) in [5.41, 5.74) is 1.28. The summed E-state index contributed by atoms with van der Waals surface area (Å²) in [6.07, 6.45) is 6.11. The quantitative estimate of drug-likeness (QED) is 0.846. The highest BCUT2D eigenvalue weighted by Gasteiger charge is 2.27. The highest BCUT2D eigenvalue weighted by atomic mass is 16.2. The van der Waals surface area contributed by atoms with E-state index >= 15 is 0 Å². The molecule has 2 heterocycles. The fourth-order valence-electron chi connectivity index (χ4n) is 2.76. The van der Waals surface area contributed by atoms with E-state index in [9.17, 15) is 4.79 Å². The van der Waals surface area contributed by atoms with Gasteiger partial charge in [-0.25, -0.2) is 9.97 Å². The first-order chi connectivity index (χ1) is 10.2. The van der Waals surface area contributed by atoms with Crippen LogP contribution in [-0.4, -0.2) is 39.9 Å². The molecule has 5 nitrogen and oxygen atoms in total. The Morgan fingerprint density at radius 2 is 2.33 bits per heavy atom. The first kappa shape index (κ1) is 15.5. The van der Waals surface area contributed by atoms with Crippen molar-refractivity contribution in [1.82, 2.24) is 14.9 Å². The Morgan fingerprint density at radius 1 is 1.52 bits per heavy atom. The van der Waals surface area contributed by atoms with Gasteiger partial charge >= 0.3 is 0 Å². The average Bonchev–Trinajstić information content (AvgIpc) is 2.51. The topological polar surface area (TPSA) is 58.1 Å². The number of aryl methyl sites for hydroxylation is 1. The molecule has 1 aliphatic rings. The zero-order valence-corrected chi connectivity index (χ0v) is 12.9. The second-order valence-electron chi connectivity index (χ2n) is 5.44. The monoisotopic (exact) mass is 288 g/mol. The van der Waals surface area contributed by atoms with Gasteiger partial charge in [-0.05, 0) is 38.7 Å². The van der Waals surface area contributed by atoms with Crippen LogP contribution in [0.25, 0.3) is 0 Å². The maximum absolute atomic E-state index is 12.7. The van der Waals surface area contributed by atoms with Crippen LogP contribution in [-0.2, 0) is 0 Å². The number of rotatable bonds is 5. The van der Waals surface area contributed by atoms with E-state index in [2.05, 4.69) is 28.8 Å². The van der Waals surface area contributed by atoms with E-state index in [1.54, 1.807) is 12.1 Å². The molecule has 0 spiro atoms. The molecule has 1 aromatic heterocycles. The van der Waals surface area contributed by atoms with Crippen molar-refractivity contribution in [3.05, 3.63) is 30.1 Å². The third-order valence-electron chi connectivity index (χ3n) is 3.84. The Bertz CT molecular complexity index is 515. The fraction of sp³-hybridized carbons (Fsp3) is 0.562. The molecule has 0 bridgehead atoms. The molecule has 5 heteroatoms. The summed E-state index contributed by atoms with van der Waals surface area (Å²) in [6.45, 7) is 9.09. The number of aromatic nitrogens is 2. The summed E-state index contributed by atoms with van der Waals surface area (Å²) in [5, 5.41) is 3.05. The van der Waals surface area contributed by atoms with E-state index in [4.69, 9.17) is 0 Å². The number of nitrogens with zero attached hydrogens (tertiary/aromatic N) is 3. The number of hydrogen-bond donors (Lipinski definition) is 1. The molecule has 1 unspecified atom stereocenters. The predicted molar refractivity (Wildman–Crippen MR) is 84.4 cm³/mol. The van der Waals surface area contributed by atoms with Crippen LogP contribution >= 0.6 is 0 Å². The summed E-state index contributed by atoms with van der Waals surface area (Å²) < 4.78 is 0. The number of nitrogens with one attached hydrogen (secondary N) is 1. The third kappa shape index (κ3) is 3.80. The van der Waals surface area contributed by atoms with Crippen LogP contribution in [0.1, 0.15) is 48.8 Å². The van der Waals surface area contributed by atoms with Gasteiger partial charge < -0.3 is 10.2 Å². The summed E-state index contributed by atoms with van der Waals surface area (Å²) in [4.78, 5) is 23.4. The second kappa shape index (κ2) is 7.20. The second-order valence-corrected chi connectivity index (χ2v) is 5.44. The highest BCUT2D eigenvalue weighted by molar-refractivity contribution is 5.93. The van der Waals surface area contributed by atoms with Crippen molar-refractivity contribution in [2.45, 2.75) is 45.6 Å². The van der Waals surface area contributed by atoms with E-state index in [0.717, 1.165) is 31.5 Å². The Balaban J connectivity index is 2.21. The van der Waals surface area contributed by atoms with Crippen molar-refractivity contribution in [2.75, 3.05) is 18.4 Å². The van der Waals surface area contributed by atoms with E-state index in [0.29, 0.717) is 24.2 Å². The van der Waals surface area contributed by atoms with Crippen molar-refractivity contribution in [1.29, 1.82) is 0 Å². The maximum atomic E-state index is 12.7. The molecule has 0 aliphatic carbocycles. The van der Waals surface area contributed by atoms with Gasteiger partial charge in [0, 0.05) is 24.8 Å². The molecule has 2 rings (SSSR count). The molecule has 21 heavy (non-hydrogen) atoms. The van der Waals surface area contributed by atoms with Crippen molar-refractivity contribution in [2.24, 2.45) is 0 Å². The highest BCUT2D eigenvalue weighted by Crippen LogP contribution is 2.21. The van der Waals surface area contributed by atoms with Gasteiger partial charge in [-0.15, -0.1) is 6.58 Å². The molecule has 0 saturated carbocycles. The Hall–Kier alpha value is -1.91. The standard InChI is InChI=1S/C16H24N4O/c1-4-9-17-16-18-12(3)11-14(19-16)15(21)20-10-7-6-8-13(20)5-2/h4,11,13H,1,5-10H2,2-3H3,(H,17,18,19). The van der Waals surface area contributed by atoms with Crippen LogP contribution in [0.4, 0.5) is 5.95 Å². The summed E-state index contributed by atoms with van der Waals surface area (Å²) in [6, 6.07) is 2.11. The van der Waals surface area contributed by atoms with Crippen LogP contribution in [0.5, 0.6) is 0 Å². The van der Waals surface area contributed by atoms with Crippen molar-refractivity contribution in [3.63, 3.8) is 0 Å². The van der Waals surface area contributed by atoms with E-state index < -0.39 is 0 Å². The molecule has 1 aliphatic heterocycles. The molecule has 1 amide bonds. The molecular weight excluding hydrogens is 264 g/mol. The minimum absolute atomic E-state index is 0.0219. The third-order valence-corrected chi connectivity index (χ3v) is 3.84.